The summed E-state index contributed by atoms with van der Waals surface area (Å²) < 4.78 is 38.3. The SMILES string of the molecule is CCNC(c1cccc(C(F)(F)F)c1)C1CCSC1. The van der Waals surface area contributed by atoms with E-state index < -0.39 is 11.7 Å². The first-order valence-electron chi connectivity index (χ1n) is 6.50. The van der Waals surface area contributed by atoms with Crippen molar-refractivity contribution in [3.8, 4) is 0 Å². The van der Waals surface area contributed by atoms with Gasteiger partial charge in [-0.3, -0.25) is 0 Å². The highest BCUT2D eigenvalue weighted by molar-refractivity contribution is 7.99. The van der Waals surface area contributed by atoms with Gasteiger partial charge in [0.2, 0.25) is 0 Å². The Bertz CT molecular complexity index is 413. The Labute approximate surface area is 116 Å². The number of halogens is 3. The molecule has 1 aliphatic heterocycles. The van der Waals surface area contributed by atoms with E-state index in [1.807, 2.05) is 18.7 Å². The molecule has 1 nitrogen and oxygen atoms in total. The van der Waals surface area contributed by atoms with Crippen molar-refractivity contribution in [1.82, 2.24) is 5.32 Å². The summed E-state index contributed by atoms with van der Waals surface area (Å²) >= 11 is 1.88. The van der Waals surface area contributed by atoms with Gasteiger partial charge in [-0.1, -0.05) is 19.1 Å². The highest BCUT2D eigenvalue weighted by Gasteiger charge is 2.32. The molecule has 2 atom stereocenters. The molecular formula is C14H18F3NS. The lowest BCUT2D eigenvalue weighted by atomic mass is 9.91. The van der Waals surface area contributed by atoms with Crippen LogP contribution >= 0.6 is 11.8 Å². The van der Waals surface area contributed by atoms with Crippen molar-refractivity contribution in [2.24, 2.45) is 5.92 Å². The molecule has 2 unspecified atom stereocenters. The predicted octanol–water partition coefficient (Wildman–Crippen LogP) is 4.11. The first-order valence-corrected chi connectivity index (χ1v) is 7.66. The summed E-state index contributed by atoms with van der Waals surface area (Å²) in [7, 11) is 0. The fraction of sp³-hybridized carbons (Fsp3) is 0.571. The quantitative estimate of drug-likeness (QED) is 0.895. The van der Waals surface area contributed by atoms with Crippen LogP contribution in [0.15, 0.2) is 24.3 Å². The zero-order chi connectivity index (χ0) is 13.9. The molecule has 0 saturated carbocycles. The van der Waals surface area contributed by atoms with Gasteiger partial charge in [-0.05, 0) is 48.1 Å². The summed E-state index contributed by atoms with van der Waals surface area (Å²) in [5.41, 5.74) is 0.197. The van der Waals surface area contributed by atoms with Crippen LogP contribution in [0.5, 0.6) is 0 Å². The molecule has 1 heterocycles. The monoisotopic (exact) mass is 289 g/mol. The van der Waals surface area contributed by atoms with Crippen molar-refractivity contribution >= 4 is 11.8 Å². The molecule has 0 bridgehead atoms. The topological polar surface area (TPSA) is 12.0 Å². The van der Waals surface area contributed by atoms with E-state index in [2.05, 4.69) is 5.32 Å². The summed E-state index contributed by atoms with van der Waals surface area (Å²) in [6, 6.07) is 5.75. The maximum Gasteiger partial charge on any atom is 0.416 e. The third kappa shape index (κ3) is 3.66. The van der Waals surface area contributed by atoms with Crippen LogP contribution in [0.3, 0.4) is 0 Å². The maximum absolute atomic E-state index is 12.8. The zero-order valence-corrected chi connectivity index (χ0v) is 11.7. The van der Waals surface area contributed by atoms with Gasteiger partial charge in [0.25, 0.3) is 0 Å². The fourth-order valence-electron chi connectivity index (χ4n) is 2.50. The Hall–Kier alpha value is -0.680. The first-order chi connectivity index (χ1) is 9.02. The zero-order valence-electron chi connectivity index (χ0n) is 10.8. The van der Waals surface area contributed by atoms with Crippen LogP contribution in [0.1, 0.15) is 30.5 Å². The number of hydrogen-bond acceptors (Lipinski definition) is 2. The molecule has 106 valence electrons. The largest absolute Gasteiger partial charge is 0.416 e. The molecule has 1 aliphatic rings. The summed E-state index contributed by atoms with van der Waals surface area (Å²) in [6.45, 7) is 2.75. The average molecular weight is 289 g/mol. The van der Waals surface area contributed by atoms with Gasteiger partial charge in [0.15, 0.2) is 0 Å². The van der Waals surface area contributed by atoms with Crippen molar-refractivity contribution in [2.45, 2.75) is 25.6 Å². The number of thioether (sulfide) groups is 1. The lowest BCUT2D eigenvalue weighted by Gasteiger charge is -2.25. The third-order valence-corrected chi connectivity index (χ3v) is 4.62. The predicted molar refractivity (Wildman–Crippen MR) is 73.3 cm³/mol. The normalized spacial score (nSPS) is 21.6. The second kappa shape index (κ2) is 6.18. The van der Waals surface area contributed by atoms with E-state index in [-0.39, 0.29) is 6.04 Å². The summed E-state index contributed by atoms with van der Waals surface area (Å²) in [5.74, 6) is 2.55. The number of rotatable bonds is 4. The summed E-state index contributed by atoms with van der Waals surface area (Å²) in [4.78, 5) is 0. The number of nitrogens with one attached hydrogen (secondary N) is 1. The molecule has 0 aliphatic carbocycles. The molecule has 0 amide bonds. The van der Waals surface area contributed by atoms with Crippen molar-refractivity contribution in [1.29, 1.82) is 0 Å². The van der Waals surface area contributed by atoms with Crippen LogP contribution in [-0.4, -0.2) is 18.1 Å². The van der Waals surface area contributed by atoms with E-state index in [4.69, 9.17) is 0 Å². The number of benzene rings is 1. The van der Waals surface area contributed by atoms with Crippen molar-refractivity contribution in [3.05, 3.63) is 35.4 Å². The molecule has 2 rings (SSSR count). The minimum Gasteiger partial charge on any atom is -0.310 e. The summed E-state index contributed by atoms with van der Waals surface area (Å²) in [6.07, 6.45) is -3.20. The van der Waals surface area contributed by atoms with Gasteiger partial charge in [0, 0.05) is 6.04 Å². The summed E-state index contributed by atoms with van der Waals surface area (Å²) in [5, 5.41) is 3.34. The van der Waals surface area contributed by atoms with Crippen LogP contribution in [0.25, 0.3) is 0 Å². The van der Waals surface area contributed by atoms with Crippen LogP contribution < -0.4 is 5.32 Å². The van der Waals surface area contributed by atoms with Gasteiger partial charge in [-0.25, -0.2) is 0 Å². The van der Waals surface area contributed by atoms with Gasteiger partial charge in [0.1, 0.15) is 0 Å². The molecular weight excluding hydrogens is 271 g/mol. The smallest absolute Gasteiger partial charge is 0.310 e. The van der Waals surface area contributed by atoms with E-state index >= 15 is 0 Å². The Kier molecular flexibility index (Phi) is 4.79. The van der Waals surface area contributed by atoms with E-state index in [1.54, 1.807) is 6.07 Å². The molecule has 1 N–H and O–H groups in total. The van der Waals surface area contributed by atoms with Crippen molar-refractivity contribution < 1.29 is 13.2 Å². The van der Waals surface area contributed by atoms with E-state index in [0.717, 1.165) is 36.1 Å². The lowest BCUT2D eigenvalue weighted by Crippen LogP contribution is -2.28. The van der Waals surface area contributed by atoms with Gasteiger partial charge >= 0.3 is 6.18 Å². The second-order valence-electron chi connectivity index (χ2n) is 4.78. The Balaban J connectivity index is 2.25. The molecule has 1 aromatic carbocycles. The van der Waals surface area contributed by atoms with E-state index in [1.165, 1.54) is 12.1 Å². The first kappa shape index (κ1) is 14.7. The average Bonchev–Trinajstić information content (AvgIpc) is 2.88. The van der Waals surface area contributed by atoms with Crippen LogP contribution in [0.2, 0.25) is 0 Å². The molecule has 0 spiro atoms. The van der Waals surface area contributed by atoms with Gasteiger partial charge < -0.3 is 5.32 Å². The van der Waals surface area contributed by atoms with Crippen LogP contribution in [0.4, 0.5) is 13.2 Å². The molecule has 0 radical (unpaired) electrons. The van der Waals surface area contributed by atoms with Gasteiger partial charge in [-0.15, -0.1) is 0 Å². The molecule has 0 aromatic heterocycles. The lowest BCUT2D eigenvalue weighted by molar-refractivity contribution is -0.137. The van der Waals surface area contributed by atoms with Gasteiger partial charge in [0.05, 0.1) is 5.56 Å². The molecule has 5 heteroatoms. The minimum absolute atomic E-state index is 0.0299. The molecule has 1 saturated heterocycles. The Morgan fingerprint density at radius 2 is 2.21 bits per heavy atom. The molecule has 1 fully saturated rings. The highest BCUT2D eigenvalue weighted by atomic mass is 32.2. The second-order valence-corrected chi connectivity index (χ2v) is 5.93. The molecule has 19 heavy (non-hydrogen) atoms. The van der Waals surface area contributed by atoms with E-state index in [0.29, 0.717) is 5.92 Å². The Morgan fingerprint density at radius 3 is 2.79 bits per heavy atom. The minimum atomic E-state index is -4.27. The standard InChI is InChI=1S/C14H18F3NS/c1-2-18-13(11-6-7-19-9-11)10-4-3-5-12(8-10)14(15,16)17/h3-5,8,11,13,18H,2,6-7,9H2,1H3. The van der Waals surface area contributed by atoms with Crippen molar-refractivity contribution in [3.63, 3.8) is 0 Å². The highest BCUT2D eigenvalue weighted by Crippen LogP contribution is 2.36. The van der Waals surface area contributed by atoms with Crippen LogP contribution in [0, 0.1) is 5.92 Å². The van der Waals surface area contributed by atoms with E-state index in [9.17, 15) is 13.2 Å². The van der Waals surface area contributed by atoms with Crippen LogP contribution in [-0.2, 0) is 6.18 Å². The van der Waals surface area contributed by atoms with Crippen molar-refractivity contribution in [2.75, 3.05) is 18.1 Å². The number of hydrogen-bond donors (Lipinski definition) is 1. The fourth-order valence-corrected chi connectivity index (χ4v) is 3.80. The Morgan fingerprint density at radius 1 is 1.42 bits per heavy atom. The maximum atomic E-state index is 12.8. The van der Waals surface area contributed by atoms with Gasteiger partial charge in [-0.2, -0.15) is 24.9 Å². The molecule has 1 aromatic rings. The number of alkyl halides is 3. The third-order valence-electron chi connectivity index (χ3n) is 3.43.